The average Bonchev–Trinajstić information content (AvgIpc) is 3.03. The van der Waals surface area contributed by atoms with E-state index in [1.54, 1.807) is 24.9 Å². The molecule has 0 radical (unpaired) electrons. The molecule has 0 N–H and O–H groups in total. The molecule has 166 valence electrons. The Kier molecular flexibility index (Phi) is 7.22. The number of nitriles is 1. The zero-order chi connectivity index (χ0) is 23.6. The summed E-state index contributed by atoms with van der Waals surface area (Å²) < 4.78 is 1.99. The number of carbonyl (C=O) groups is 1. The summed E-state index contributed by atoms with van der Waals surface area (Å²) in [5, 5.41) is 9.57. The van der Waals surface area contributed by atoms with Crippen LogP contribution in [0.15, 0.2) is 34.0 Å². The lowest BCUT2D eigenvalue weighted by molar-refractivity contribution is -0.122. The van der Waals surface area contributed by atoms with E-state index in [1.165, 1.54) is 16.3 Å². The molecule has 0 bridgehead atoms. The van der Waals surface area contributed by atoms with Crippen LogP contribution in [-0.4, -0.2) is 32.8 Å². The van der Waals surface area contributed by atoms with Crippen molar-refractivity contribution in [3.8, 4) is 6.07 Å². The van der Waals surface area contributed by atoms with Gasteiger partial charge >= 0.3 is 0 Å². The highest BCUT2D eigenvalue weighted by Crippen LogP contribution is 2.36. The molecule has 2 heterocycles. The fourth-order valence-corrected chi connectivity index (χ4v) is 5.00. The Labute approximate surface area is 198 Å². The van der Waals surface area contributed by atoms with Crippen molar-refractivity contribution in [2.75, 3.05) is 18.0 Å². The Morgan fingerprint density at radius 1 is 1.16 bits per heavy atom. The van der Waals surface area contributed by atoms with E-state index in [9.17, 15) is 14.9 Å². The average molecular weight is 467 g/mol. The summed E-state index contributed by atoms with van der Waals surface area (Å²) in [5.41, 5.74) is 3.17. The lowest BCUT2D eigenvalue weighted by atomic mass is 10.0. The van der Waals surface area contributed by atoms with Crippen molar-refractivity contribution in [2.45, 2.75) is 34.2 Å². The predicted octanol–water partition coefficient (Wildman–Crippen LogP) is 4.12. The Morgan fingerprint density at radius 2 is 1.78 bits per heavy atom. The largest absolute Gasteiger partial charge is 0.358 e. The number of aryl methyl sites for hydroxylation is 1. The smallest absolute Gasteiger partial charge is 0.270 e. The van der Waals surface area contributed by atoms with Gasteiger partial charge in [-0.3, -0.25) is 19.1 Å². The van der Waals surface area contributed by atoms with Gasteiger partial charge in [-0.25, -0.2) is 0 Å². The summed E-state index contributed by atoms with van der Waals surface area (Å²) in [5.74, 6) is 0.526. The minimum absolute atomic E-state index is 0.0878. The maximum absolute atomic E-state index is 13.2. The van der Waals surface area contributed by atoms with Gasteiger partial charge in [0.1, 0.15) is 21.8 Å². The molecule has 3 rings (SSSR count). The number of pyridine rings is 1. The van der Waals surface area contributed by atoms with Crippen LogP contribution < -0.4 is 10.5 Å². The number of nitrogens with zero attached hydrogens (tertiary/aromatic N) is 4. The molecule has 0 unspecified atom stereocenters. The van der Waals surface area contributed by atoms with Gasteiger partial charge in [-0.1, -0.05) is 53.8 Å². The molecule has 8 heteroatoms. The molecule has 1 aliphatic heterocycles. The molecule has 1 aromatic heterocycles. The monoisotopic (exact) mass is 466 g/mol. The standard InChI is InChI=1S/C24H26N4O2S2/c1-6-27(7-2)21-18(16(4)19(13-25)22(29)26(21)5)12-20-23(30)28(24(31)32-20)14-17-10-8-15(3)9-11-17/h8-12H,6-7,14H2,1-5H3/b20-12-. The highest BCUT2D eigenvalue weighted by molar-refractivity contribution is 8.26. The molecular weight excluding hydrogens is 440 g/mol. The van der Waals surface area contributed by atoms with E-state index in [2.05, 4.69) is 4.90 Å². The Balaban J connectivity index is 2.09. The van der Waals surface area contributed by atoms with E-state index in [0.717, 1.165) is 11.1 Å². The molecular formula is C24H26N4O2S2. The van der Waals surface area contributed by atoms with Crippen LogP contribution in [0, 0.1) is 25.2 Å². The number of hydrogen-bond donors (Lipinski definition) is 0. The van der Waals surface area contributed by atoms with Gasteiger partial charge in [0.05, 0.1) is 11.4 Å². The fourth-order valence-electron chi connectivity index (χ4n) is 3.76. The van der Waals surface area contributed by atoms with Crippen molar-refractivity contribution >= 4 is 46.1 Å². The summed E-state index contributed by atoms with van der Waals surface area (Å²) in [6, 6.07) is 10.0. The van der Waals surface area contributed by atoms with Gasteiger partial charge in [-0.15, -0.1) is 0 Å². The number of thioether (sulfide) groups is 1. The normalized spacial score (nSPS) is 14.9. The molecule has 0 spiro atoms. The quantitative estimate of drug-likeness (QED) is 0.471. The molecule has 0 atom stereocenters. The second-order valence-electron chi connectivity index (χ2n) is 7.64. The number of thiocarbonyl (C=S) groups is 1. The third kappa shape index (κ3) is 4.36. The number of benzene rings is 1. The molecule has 1 aliphatic rings. The molecule has 32 heavy (non-hydrogen) atoms. The van der Waals surface area contributed by atoms with E-state index in [1.807, 2.05) is 51.1 Å². The number of carbonyl (C=O) groups excluding carboxylic acids is 1. The second-order valence-corrected chi connectivity index (χ2v) is 9.31. The van der Waals surface area contributed by atoms with Gasteiger partial charge < -0.3 is 4.90 Å². The van der Waals surface area contributed by atoms with Crippen molar-refractivity contribution in [1.82, 2.24) is 9.47 Å². The van der Waals surface area contributed by atoms with Crippen LogP contribution in [0.2, 0.25) is 0 Å². The number of rotatable bonds is 6. The molecule has 1 fully saturated rings. The first kappa shape index (κ1) is 23.8. The lowest BCUT2D eigenvalue weighted by Gasteiger charge is -2.27. The van der Waals surface area contributed by atoms with Crippen molar-refractivity contribution < 1.29 is 4.79 Å². The van der Waals surface area contributed by atoms with Crippen LogP contribution in [0.4, 0.5) is 5.82 Å². The Bertz CT molecular complexity index is 1200. The molecule has 2 aromatic rings. The van der Waals surface area contributed by atoms with Crippen molar-refractivity contribution in [3.63, 3.8) is 0 Å². The third-order valence-electron chi connectivity index (χ3n) is 5.64. The molecule has 1 amide bonds. The minimum Gasteiger partial charge on any atom is -0.358 e. The maximum Gasteiger partial charge on any atom is 0.270 e. The van der Waals surface area contributed by atoms with E-state index < -0.39 is 0 Å². The summed E-state index contributed by atoms with van der Waals surface area (Å²) in [7, 11) is 1.66. The highest BCUT2D eigenvalue weighted by Gasteiger charge is 2.33. The van der Waals surface area contributed by atoms with Gasteiger partial charge in [0.2, 0.25) is 0 Å². The zero-order valence-corrected chi connectivity index (χ0v) is 20.6. The van der Waals surface area contributed by atoms with E-state index in [4.69, 9.17) is 12.2 Å². The molecule has 0 aliphatic carbocycles. The van der Waals surface area contributed by atoms with Gasteiger partial charge in [0, 0.05) is 25.7 Å². The Morgan fingerprint density at radius 3 is 2.34 bits per heavy atom. The first-order chi connectivity index (χ1) is 15.2. The SMILES string of the molecule is CCN(CC)c1c(/C=C2\SC(=S)N(Cc3ccc(C)cc3)C2=O)c(C)c(C#N)c(=O)n1C. The van der Waals surface area contributed by atoms with E-state index >= 15 is 0 Å². The summed E-state index contributed by atoms with van der Waals surface area (Å²) in [6.07, 6.45) is 1.78. The van der Waals surface area contributed by atoms with Crippen LogP contribution in [-0.2, 0) is 18.4 Å². The fraction of sp³-hybridized carbons (Fsp3) is 0.333. The van der Waals surface area contributed by atoms with Gasteiger partial charge in [-0.05, 0) is 44.9 Å². The number of anilines is 1. The second kappa shape index (κ2) is 9.72. The maximum atomic E-state index is 13.2. The van der Waals surface area contributed by atoms with Crippen LogP contribution in [0.1, 0.15) is 41.7 Å². The first-order valence-corrected chi connectivity index (χ1v) is 11.6. The molecule has 6 nitrogen and oxygen atoms in total. The van der Waals surface area contributed by atoms with Gasteiger partial charge in [0.15, 0.2) is 0 Å². The summed E-state index contributed by atoms with van der Waals surface area (Å²) in [4.78, 5) is 30.1. The van der Waals surface area contributed by atoms with Gasteiger partial charge in [-0.2, -0.15) is 5.26 Å². The first-order valence-electron chi connectivity index (χ1n) is 10.4. The number of aromatic nitrogens is 1. The van der Waals surface area contributed by atoms with Gasteiger partial charge in [0.25, 0.3) is 11.5 Å². The lowest BCUT2D eigenvalue weighted by Crippen LogP contribution is -2.33. The van der Waals surface area contributed by atoms with E-state index in [0.29, 0.717) is 45.8 Å². The number of hydrogen-bond acceptors (Lipinski definition) is 6. The third-order valence-corrected chi connectivity index (χ3v) is 7.02. The van der Waals surface area contributed by atoms with E-state index in [-0.39, 0.29) is 17.0 Å². The summed E-state index contributed by atoms with van der Waals surface area (Å²) in [6.45, 7) is 9.56. The topological polar surface area (TPSA) is 69.3 Å². The highest BCUT2D eigenvalue weighted by atomic mass is 32.2. The predicted molar refractivity (Wildman–Crippen MR) is 135 cm³/mol. The van der Waals surface area contributed by atoms with Crippen molar-refractivity contribution in [3.05, 3.63) is 67.3 Å². The van der Waals surface area contributed by atoms with Crippen molar-refractivity contribution in [1.29, 1.82) is 5.26 Å². The molecule has 1 aromatic carbocycles. The summed E-state index contributed by atoms with van der Waals surface area (Å²) >= 11 is 6.75. The molecule has 0 saturated carbocycles. The number of amides is 1. The minimum atomic E-state index is -0.337. The molecule has 1 saturated heterocycles. The van der Waals surface area contributed by atoms with Crippen LogP contribution in [0.3, 0.4) is 0 Å². The van der Waals surface area contributed by atoms with Crippen molar-refractivity contribution in [2.24, 2.45) is 7.05 Å². The zero-order valence-electron chi connectivity index (χ0n) is 18.9. The van der Waals surface area contributed by atoms with Crippen LogP contribution >= 0.6 is 24.0 Å². The van der Waals surface area contributed by atoms with Crippen LogP contribution in [0.5, 0.6) is 0 Å². The van der Waals surface area contributed by atoms with Crippen LogP contribution in [0.25, 0.3) is 6.08 Å². The Hall–Kier alpha value is -2.89.